The van der Waals surface area contributed by atoms with Crippen LogP contribution in [0.3, 0.4) is 0 Å². The fourth-order valence-electron chi connectivity index (χ4n) is 3.08. The molecule has 1 saturated heterocycles. The second kappa shape index (κ2) is 5.57. The minimum absolute atomic E-state index is 0. The Morgan fingerprint density at radius 1 is 1.24 bits per heavy atom. The van der Waals surface area contributed by atoms with Crippen molar-refractivity contribution in [1.82, 2.24) is 4.90 Å². The van der Waals surface area contributed by atoms with Gasteiger partial charge in [0.25, 0.3) is 0 Å². The Balaban J connectivity index is 0.000000722. The van der Waals surface area contributed by atoms with Gasteiger partial charge in [0, 0.05) is 18.6 Å². The van der Waals surface area contributed by atoms with Crippen LogP contribution in [-0.2, 0) is 6.54 Å². The summed E-state index contributed by atoms with van der Waals surface area (Å²) in [6, 6.07) is 10.7. The van der Waals surface area contributed by atoms with Crippen molar-refractivity contribution in [2.24, 2.45) is 11.7 Å². The second-order valence-corrected chi connectivity index (χ2v) is 4.90. The number of piperidine rings is 1. The third kappa shape index (κ3) is 2.45. The topological polar surface area (TPSA) is 29.3 Å². The zero-order chi connectivity index (χ0) is 10.3. The van der Waals surface area contributed by atoms with Gasteiger partial charge in [-0.05, 0) is 30.9 Å². The van der Waals surface area contributed by atoms with Crippen LogP contribution in [0.15, 0.2) is 30.3 Å². The molecule has 0 spiro atoms. The quantitative estimate of drug-likeness (QED) is 0.918. The number of likely N-dealkylation sites (tertiary alicyclic amines) is 1. The van der Waals surface area contributed by atoms with Gasteiger partial charge in [0.1, 0.15) is 0 Å². The summed E-state index contributed by atoms with van der Waals surface area (Å²) in [5.74, 6) is 0.895. The maximum Gasteiger partial charge on any atom is 0.0367 e. The lowest BCUT2D eigenvalue weighted by molar-refractivity contribution is 0.206. The van der Waals surface area contributed by atoms with Crippen molar-refractivity contribution in [3.8, 4) is 0 Å². The van der Waals surface area contributed by atoms with Crippen molar-refractivity contribution in [1.29, 1.82) is 0 Å². The summed E-state index contributed by atoms with van der Waals surface area (Å²) >= 11 is 0. The maximum absolute atomic E-state index is 5.91. The van der Waals surface area contributed by atoms with E-state index in [-0.39, 0.29) is 24.8 Å². The lowest BCUT2D eigenvalue weighted by Gasteiger charge is -2.27. The average Bonchev–Trinajstić information content (AvgIpc) is 2.92. The first-order chi connectivity index (χ1) is 7.35. The Labute approximate surface area is 115 Å². The highest BCUT2D eigenvalue weighted by Gasteiger charge is 2.60. The lowest BCUT2D eigenvalue weighted by atomic mass is 10.1. The highest BCUT2D eigenvalue weighted by atomic mass is 35.5. The van der Waals surface area contributed by atoms with Crippen LogP contribution in [0.2, 0.25) is 0 Å². The zero-order valence-corrected chi connectivity index (χ0v) is 11.5. The van der Waals surface area contributed by atoms with E-state index >= 15 is 0 Å². The van der Waals surface area contributed by atoms with Gasteiger partial charge < -0.3 is 5.73 Å². The summed E-state index contributed by atoms with van der Waals surface area (Å²) in [7, 11) is 0. The van der Waals surface area contributed by atoms with Crippen LogP contribution in [0.5, 0.6) is 0 Å². The number of rotatable bonds is 3. The zero-order valence-electron chi connectivity index (χ0n) is 9.84. The highest BCUT2D eigenvalue weighted by Crippen LogP contribution is 2.55. The molecule has 17 heavy (non-hydrogen) atoms. The van der Waals surface area contributed by atoms with Crippen LogP contribution in [0, 0.1) is 5.92 Å². The molecule has 0 unspecified atom stereocenters. The van der Waals surface area contributed by atoms with Gasteiger partial charge in [0.05, 0.1) is 0 Å². The normalized spacial score (nSPS) is 30.1. The van der Waals surface area contributed by atoms with Gasteiger partial charge >= 0.3 is 0 Å². The number of hydrogen-bond acceptors (Lipinski definition) is 2. The summed E-state index contributed by atoms with van der Waals surface area (Å²) in [5, 5.41) is 0. The number of halogens is 2. The van der Waals surface area contributed by atoms with Crippen molar-refractivity contribution >= 4 is 24.8 Å². The first kappa shape index (κ1) is 14.8. The number of nitrogens with two attached hydrogens (primary N) is 1. The van der Waals surface area contributed by atoms with Gasteiger partial charge in [0.15, 0.2) is 0 Å². The van der Waals surface area contributed by atoms with Gasteiger partial charge in [-0.25, -0.2) is 0 Å². The Kier molecular flexibility index (Phi) is 4.85. The molecule has 0 amide bonds. The predicted octanol–water partition coefficient (Wildman–Crippen LogP) is 2.45. The van der Waals surface area contributed by atoms with Crippen molar-refractivity contribution in [2.75, 3.05) is 13.1 Å². The molecule has 1 aromatic carbocycles. The van der Waals surface area contributed by atoms with Gasteiger partial charge in [-0.1, -0.05) is 30.3 Å². The summed E-state index contributed by atoms with van der Waals surface area (Å²) in [4.78, 5) is 2.59. The molecular formula is C13H20Cl2N2. The van der Waals surface area contributed by atoms with Crippen molar-refractivity contribution in [2.45, 2.75) is 24.9 Å². The molecule has 96 valence electrons. The maximum atomic E-state index is 5.91. The number of nitrogens with zero attached hydrogens (tertiary/aromatic N) is 1. The van der Waals surface area contributed by atoms with Crippen molar-refractivity contribution in [3.63, 3.8) is 0 Å². The molecule has 4 heteroatoms. The van der Waals surface area contributed by atoms with E-state index in [4.69, 9.17) is 5.73 Å². The predicted molar refractivity (Wildman–Crippen MR) is 75.9 cm³/mol. The van der Waals surface area contributed by atoms with Gasteiger partial charge in [0.2, 0.25) is 0 Å². The second-order valence-electron chi connectivity index (χ2n) is 4.90. The molecular weight excluding hydrogens is 255 g/mol. The molecule has 0 radical (unpaired) electrons. The molecule has 2 nitrogen and oxygen atoms in total. The van der Waals surface area contributed by atoms with E-state index in [0.717, 1.165) is 19.0 Å². The minimum atomic E-state index is 0. The van der Waals surface area contributed by atoms with Crippen LogP contribution >= 0.6 is 24.8 Å². The Hall–Kier alpha value is -0.280. The minimum Gasteiger partial charge on any atom is -0.329 e. The monoisotopic (exact) mass is 274 g/mol. The molecule has 2 atom stereocenters. The molecule has 1 saturated carbocycles. The van der Waals surface area contributed by atoms with E-state index in [1.165, 1.54) is 24.9 Å². The van der Waals surface area contributed by atoms with E-state index < -0.39 is 0 Å². The summed E-state index contributed by atoms with van der Waals surface area (Å²) in [6.45, 7) is 3.15. The fourth-order valence-corrected chi connectivity index (χ4v) is 3.08. The van der Waals surface area contributed by atoms with E-state index in [2.05, 4.69) is 35.2 Å². The number of hydrogen-bond donors (Lipinski definition) is 1. The molecule has 1 heterocycles. The van der Waals surface area contributed by atoms with Crippen molar-refractivity contribution in [3.05, 3.63) is 35.9 Å². The summed E-state index contributed by atoms with van der Waals surface area (Å²) in [6.07, 6.45) is 2.68. The molecule has 1 aliphatic heterocycles. The SMILES string of the molecule is Cl.Cl.NC[C@]12C[C@H]1CCN2Cc1ccccc1. The summed E-state index contributed by atoms with van der Waals surface area (Å²) < 4.78 is 0. The van der Waals surface area contributed by atoms with Crippen LogP contribution in [0.25, 0.3) is 0 Å². The smallest absolute Gasteiger partial charge is 0.0367 e. The molecule has 3 rings (SSSR count). The number of benzene rings is 1. The van der Waals surface area contributed by atoms with Crippen LogP contribution in [0.4, 0.5) is 0 Å². The molecule has 1 aliphatic carbocycles. The van der Waals surface area contributed by atoms with E-state index in [0.29, 0.717) is 5.54 Å². The summed E-state index contributed by atoms with van der Waals surface area (Å²) in [5.41, 5.74) is 7.71. The third-order valence-electron chi connectivity index (χ3n) is 4.15. The van der Waals surface area contributed by atoms with Crippen LogP contribution in [0.1, 0.15) is 18.4 Å². The van der Waals surface area contributed by atoms with E-state index in [9.17, 15) is 0 Å². The molecule has 0 aromatic heterocycles. The average molecular weight is 275 g/mol. The van der Waals surface area contributed by atoms with Gasteiger partial charge in [-0.15, -0.1) is 24.8 Å². The first-order valence-electron chi connectivity index (χ1n) is 5.84. The van der Waals surface area contributed by atoms with Crippen molar-refractivity contribution < 1.29 is 0 Å². The van der Waals surface area contributed by atoms with Crippen LogP contribution < -0.4 is 5.73 Å². The van der Waals surface area contributed by atoms with Gasteiger partial charge in [-0.3, -0.25) is 4.90 Å². The largest absolute Gasteiger partial charge is 0.329 e. The molecule has 0 bridgehead atoms. The Morgan fingerprint density at radius 2 is 1.94 bits per heavy atom. The van der Waals surface area contributed by atoms with E-state index in [1.807, 2.05) is 0 Å². The Morgan fingerprint density at radius 3 is 2.53 bits per heavy atom. The van der Waals surface area contributed by atoms with E-state index in [1.54, 1.807) is 0 Å². The lowest BCUT2D eigenvalue weighted by Crippen LogP contribution is -2.40. The van der Waals surface area contributed by atoms with Crippen LogP contribution in [-0.4, -0.2) is 23.5 Å². The molecule has 2 N–H and O–H groups in total. The third-order valence-corrected chi connectivity index (χ3v) is 4.15. The fraction of sp³-hybridized carbons (Fsp3) is 0.538. The molecule has 2 fully saturated rings. The highest BCUT2D eigenvalue weighted by molar-refractivity contribution is 5.85. The standard InChI is InChI=1S/C13H18N2.2ClH/c14-10-13-8-12(13)6-7-15(13)9-11-4-2-1-3-5-11;;/h1-5,12H,6-10,14H2;2*1H/t12-,13-;;/m1../s1. The molecule has 2 aliphatic rings. The Bertz CT molecular complexity index is 354. The first-order valence-corrected chi connectivity index (χ1v) is 5.84. The number of fused-ring (bicyclic) bond motifs is 1. The van der Waals surface area contributed by atoms with Gasteiger partial charge in [-0.2, -0.15) is 0 Å². The molecule has 1 aromatic rings.